The van der Waals surface area contributed by atoms with Crippen molar-refractivity contribution in [1.29, 1.82) is 0 Å². The fourth-order valence-corrected chi connectivity index (χ4v) is 1.87. The van der Waals surface area contributed by atoms with Crippen LogP contribution in [0.25, 0.3) is 0 Å². The van der Waals surface area contributed by atoms with Crippen LogP contribution in [0.2, 0.25) is 0 Å². The average Bonchev–Trinajstić information content (AvgIpc) is 2.54. The van der Waals surface area contributed by atoms with E-state index in [2.05, 4.69) is 37.3 Å². The summed E-state index contributed by atoms with van der Waals surface area (Å²) < 4.78 is 0. The van der Waals surface area contributed by atoms with Gasteiger partial charge in [-0.05, 0) is 52.5 Å². The number of hydrogen-bond donors (Lipinski definition) is 0. The third-order valence-corrected chi connectivity index (χ3v) is 3.12. The SMILES string of the molecule is C=CCCN(CC)CC.CC.CC.CN1CCCCC1. The van der Waals surface area contributed by atoms with Crippen LogP contribution in [0, 0.1) is 0 Å². The number of rotatable bonds is 5. The molecule has 0 aromatic rings. The standard InChI is InChI=1S/C8H17N.C6H13N.2C2H6/c1-4-7-8-9(5-2)6-3;1-7-5-3-2-4-6-7;2*1-2/h4H,1,5-8H2,2-3H3;2-6H2,1H3;2*1-2H3. The van der Waals surface area contributed by atoms with Crippen molar-refractivity contribution in [3.8, 4) is 0 Å². The molecule has 0 N–H and O–H groups in total. The molecule has 0 spiro atoms. The summed E-state index contributed by atoms with van der Waals surface area (Å²) in [6.07, 6.45) is 7.36. The van der Waals surface area contributed by atoms with Crippen LogP contribution in [0.5, 0.6) is 0 Å². The summed E-state index contributed by atoms with van der Waals surface area (Å²) >= 11 is 0. The molecule has 2 heteroatoms. The minimum absolute atomic E-state index is 1.11. The van der Waals surface area contributed by atoms with E-state index in [9.17, 15) is 0 Å². The Morgan fingerprint density at radius 2 is 1.40 bits per heavy atom. The zero-order chi connectivity index (χ0) is 16.2. The third-order valence-electron chi connectivity index (χ3n) is 3.12. The summed E-state index contributed by atoms with van der Waals surface area (Å²) in [4.78, 5) is 4.78. The fraction of sp³-hybridized carbons (Fsp3) is 0.889. The summed E-state index contributed by atoms with van der Waals surface area (Å²) in [7, 11) is 2.19. The van der Waals surface area contributed by atoms with Crippen molar-refractivity contribution in [2.24, 2.45) is 0 Å². The lowest BCUT2D eigenvalue weighted by molar-refractivity contribution is 0.277. The maximum atomic E-state index is 3.67. The highest BCUT2D eigenvalue weighted by Gasteiger charge is 2.02. The molecule has 0 bridgehead atoms. The molecule has 0 saturated carbocycles. The Bertz CT molecular complexity index is 147. The second-order valence-electron chi connectivity index (χ2n) is 4.47. The van der Waals surface area contributed by atoms with Crippen LogP contribution in [0.4, 0.5) is 0 Å². The topological polar surface area (TPSA) is 6.48 Å². The Balaban J connectivity index is -0.000000234. The smallest absolute Gasteiger partial charge is 0.00156 e. The van der Waals surface area contributed by atoms with Crippen LogP contribution in [0.1, 0.15) is 67.2 Å². The van der Waals surface area contributed by atoms with Crippen molar-refractivity contribution < 1.29 is 0 Å². The van der Waals surface area contributed by atoms with Crippen LogP contribution in [-0.4, -0.2) is 49.6 Å². The molecule has 2 nitrogen and oxygen atoms in total. The van der Waals surface area contributed by atoms with E-state index in [-0.39, 0.29) is 0 Å². The largest absolute Gasteiger partial charge is 0.306 e. The summed E-state index contributed by atoms with van der Waals surface area (Å²) in [5.74, 6) is 0. The maximum absolute atomic E-state index is 3.67. The van der Waals surface area contributed by atoms with Crippen molar-refractivity contribution in [2.75, 3.05) is 39.8 Å². The number of piperidine rings is 1. The Hall–Kier alpha value is -0.340. The highest BCUT2D eigenvalue weighted by atomic mass is 15.1. The van der Waals surface area contributed by atoms with Gasteiger partial charge in [0.2, 0.25) is 0 Å². The molecule has 1 rings (SSSR count). The number of likely N-dealkylation sites (tertiary alicyclic amines) is 1. The minimum Gasteiger partial charge on any atom is -0.306 e. The third kappa shape index (κ3) is 20.0. The molecule has 0 radical (unpaired) electrons. The Morgan fingerprint density at radius 3 is 1.65 bits per heavy atom. The molecule has 124 valence electrons. The maximum Gasteiger partial charge on any atom is 0.00156 e. The lowest BCUT2D eigenvalue weighted by Crippen LogP contribution is -2.24. The molecule has 1 aliphatic rings. The van der Waals surface area contributed by atoms with E-state index >= 15 is 0 Å². The van der Waals surface area contributed by atoms with Gasteiger partial charge in [-0.3, -0.25) is 0 Å². The van der Waals surface area contributed by atoms with Gasteiger partial charge in [-0.15, -0.1) is 6.58 Å². The van der Waals surface area contributed by atoms with Crippen molar-refractivity contribution in [2.45, 2.75) is 67.2 Å². The predicted molar refractivity (Wildman–Crippen MR) is 96.6 cm³/mol. The number of nitrogens with zero attached hydrogens (tertiary/aromatic N) is 2. The van der Waals surface area contributed by atoms with Gasteiger partial charge in [0.15, 0.2) is 0 Å². The molecule has 20 heavy (non-hydrogen) atoms. The highest BCUT2D eigenvalue weighted by Crippen LogP contribution is 2.04. The minimum atomic E-state index is 1.11. The predicted octanol–water partition coefficient (Wildman–Crippen LogP) is 5.06. The summed E-state index contributed by atoms with van der Waals surface area (Å²) in [5.41, 5.74) is 0. The van der Waals surface area contributed by atoms with Crippen molar-refractivity contribution >= 4 is 0 Å². The Labute approximate surface area is 130 Å². The zero-order valence-corrected chi connectivity index (χ0v) is 15.5. The molecular formula is C18H42N2. The van der Waals surface area contributed by atoms with Crippen molar-refractivity contribution in [3.05, 3.63) is 12.7 Å². The van der Waals surface area contributed by atoms with Gasteiger partial charge in [0, 0.05) is 6.54 Å². The van der Waals surface area contributed by atoms with Crippen LogP contribution < -0.4 is 0 Å². The first-order chi connectivity index (χ1) is 9.74. The highest BCUT2D eigenvalue weighted by molar-refractivity contribution is 4.68. The van der Waals surface area contributed by atoms with Gasteiger partial charge in [0.05, 0.1) is 0 Å². The molecule has 0 amide bonds. The lowest BCUT2D eigenvalue weighted by atomic mass is 10.1. The van der Waals surface area contributed by atoms with Gasteiger partial charge in [0.1, 0.15) is 0 Å². The van der Waals surface area contributed by atoms with Gasteiger partial charge < -0.3 is 9.80 Å². The quantitative estimate of drug-likeness (QED) is 0.652. The lowest BCUT2D eigenvalue weighted by Gasteiger charge is -2.20. The molecule has 1 aliphatic heterocycles. The summed E-state index contributed by atoms with van der Waals surface area (Å²) in [6.45, 7) is 22.2. The second kappa shape index (κ2) is 23.7. The van der Waals surface area contributed by atoms with Crippen LogP contribution in [0.15, 0.2) is 12.7 Å². The molecule has 0 aliphatic carbocycles. The molecule has 1 heterocycles. The van der Waals surface area contributed by atoms with Crippen LogP contribution in [0.3, 0.4) is 0 Å². The van der Waals surface area contributed by atoms with E-state index in [1.165, 1.54) is 32.4 Å². The normalized spacial score (nSPS) is 14.0. The molecule has 0 aromatic carbocycles. The van der Waals surface area contributed by atoms with E-state index in [1.807, 2.05) is 33.8 Å². The summed E-state index contributed by atoms with van der Waals surface area (Å²) in [5, 5.41) is 0. The van der Waals surface area contributed by atoms with Gasteiger partial charge >= 0.3 is 0 Å². The monoisotopic (exact) mass is 286 g/mol. The summed E-state index contributed by atoms with van der Waals surface area (Å²) in [6, 6.07) is 0. The molecule has 0 aromatic heterocycles. The van der Waals surface area contributed by atoms with Crippen LogP contribution in [-0.2, 0) is 0 Å². The fourth-order valence-electron chi connectivity index (χ4n) is 1.87. The molecule has 0 unspecified atom stereocenters. The van der Waals surface area contributed by atoms with E-state index in [4.69, 9.17) is 0 Å². The van der Waals surface area contributed by atoms with E-state index in [1.54, 1.807) is 0 Å². The van der Waals surface area contributed by atoms with Gasteiger partial charge in [-0.2, -0.15) is 0 Å². The molecular weight excluding hydrogens is 244 g/mol. The van der Waals surface area contributed by atoms with E-state index in [0.29, 0.717) is 0 Å². The van der Waals surface area contributed by atoms with E-state index < -0.39 is 0 Å². The molecule has 1 saturated heterocycles. The average molecular weight is 287 g/mol. The van der Waals surface area contributed by atoms with Gasteiger partial charge in [-0.1, -0.05) is 54.0 Å². The Kier molecular flexibility index (Phi) is 29.3. The molecule has 1 fully saturated rings. The van der Waals surface area contributed by atoms with Gasteiger partial charge in [0.25, 0.3) is 0 Å². The first-order valence-electron chi connectivity index (χ1n) is 8.76. The van der Waals surface area contributed by atoms with Crippen molar-refractivity contribution in [3.63, 3.8) is 0 Å². The van der Waals surface area contributed by atoms with Crippen LogP contribution >= 0.6 is 0 Å². The van der Waals surface area contributed by atoms with E-state index in [0.717, 1.165) is 26.1 Å². The van der Waals surface area contributed by atoms with Crippen molar-refractivity contribution in [1.82, 2.24) is 9.80 Å². The first-order valence-corrected chi connectivity index (χ1v) is 8.76. The second-order valence-corrected chi connectivity index (χ2v) is 4.47. The Morgan fingerprint density at radius 1 is 0.950 bits per heavy atom. The number of hydrogen-bond acceptors (Lipinski definition) is 2. The zero-order valence-electron chi connectivity index (χ0n) is 15.5. The van der Waals surface area contributed by atoms with Gasteiger partial charge in [-0.25, -0.2) is 0 Å². The molecule has 0 atom stereocenters. The first kappa shape index (κ1) is 24.7.